The number of carbonyl (C=O) groups is 2. The van der Waals surface area contributed by atoms with E-state index in [1.807, 2.05) is 80.1 Å². The number of hydrogen-bond acceptors (Lipinski definition) is 6. The van der Waals surface area contributed by atoms with E-state index in [2.05, 4.69) is 0 Å². The first-order valence-corrected chi connectivity index (χ1v) is 12.8. The Morgan fingerprint density at radius 1 is 0.973 bits per heavy atom. The van der Waals surface area contributed by atoms with Crippen LogP contribution in [-0.4, -0.2) is 52.0 Å². The maximum Gasteiger partial charge on any atom is 0.410 e. The summed E-state index contributed by atoms with van der Waals surface area (Å²) in [6.07, 6.45) is 3.85. The minimum atomic E-state index is -0.532. The van der Waals surface area contributed by atoms with E-state index >= 15 is 0 Å². The van der Waals surface area contributed by atoms with Gasteiger partial charge in [-0.15, -0.1) is 0 Å². The van der Waals surface area contributed by atoms with E-state index in [-0.39, 0.29) is 18.7 Å². The van der Waals surface area contributed by atoms with Crippen molar-refractivity contribution in [1.29, 1.82) is 0 Å². The molecule has 8 nitrogen and oxygen atoms in total. The van der Waals surface area contributed by atoms with Gasteiger partial charge in [0.2, 0.25) is 0 Å². The second-order valence-corrected chi connectivity index (χ2v) is 10.1. The summed E-state index contributed by atoms with van der Waals surface area (Å²) in [6, 6.07) is 17.1. The monoisotopic (exact) mass is 505 g/mol. The van der Waals surface area contributed by atoms with Crippen LogP contribution in [0.1, 0.15) is 63.4 Å². The van der Waals surface area contributed by atoms with Gasteiger partial charge in [-0.05, 0) is 83.4 Å². The van der Waals surface area contributed by atoms with Gasteiger partial charge in [0.15, 0.2) is 0 Å². The maximum atomic E-state index is 12.8. The Morgan fingerprint density at radius 2 is 1.68 bits per heavy atom. The van der Waals surface area contributed by atoms with Crippen molar-refractivity contribution < 1.29 is 23.8 Å². The van der Waals surface area contributed by atoms with Gasteiger partial charge in [-0.3, -0.25) is 4.68 Å². The van der Waals surface area contributed by atoms with E-state index in [9.17, 15) is 9.59 Å². The van der Waals surface area contributed by atoms with Crippen molar-refractivity contribution in [2.45, 2.75) is 58.6 Å². The third kappa shape index (κ3) is 6.90. The van der Waals surface area contributed by atoms with Crippen LogP contribution in [-0.2, 0) is 9.47 Å². The van der Waals surface area contributed by atoms with Crippen LogP contribution in [0.5, 0.6) is 11.5 Å². The van der Waals surface area contributed by atoms with Gasteiger partial charge in [-0.25, -0.2) is 9.59 Å². The predicted molar refractivity (Wildman–Crippen MR) is 141 cm³/mol. The van der Waals surface area contributed by atoms with Crippen molar-refractivity contribution in [2.75, 3.05) is 19.7 Å². The molecule has 1 fully saturated rings. The van der Waals surface area contributed by atoms with Crippen LogP contribution >= 0.6 is 0 Å². The van der Waals surface area contributed by atoms with Crippen molar-refractivity contribution in [3.63, 3.8) is 0 Å². The van der Waals surface area contributed by atoms with Crippen LogP contribution < -0.4 is 4.74 Å². The molecule has 1 aliphatic rings. The molecule has 1 atom stereocenters. The predicted octanol–water partition coefficient (Wildman–Crippen LogP) is 6.48. The van der Waals surface area contributed by atoms with Crippen molar-refractivity contribution in [3.8, 4) is 22.8 Å². The van der Waals surface area contributed by atoms with E-state index in [1.54, 1.807) is 18.0 Å². The topological polar surface area (TPSA) is 82.9 Å². The van der Waals surface area contributed by atoms with E-state index in [1.165, 1.54) is 0 Å². The molecular formula is C29H35N3O5. The van der Waals surface area contributed by atoms with Gasteiger partial charge in [-0.2, -0.15) is 5.10 Å². The smallest absolute Gasteiger partial charge is 0.410 e. The molecule has 1 aliphatic heterocycles. The lowest BCUT2D eigenvalue weighted by atomic mass is 10.1. The zero-order chi connectivity index (χ0) is 26.4. The molecule has 0 bridgehead atoms. The standard InChI is InChI=1S/C29H35N3O5/c1-5-35-27(33)25-20-32(22-10-9-18-31(19-17-22)28(34)37-29(2,3)4)30-26(25)21-13-15-24(16-14-21)36-23-11-7-6-8-12-23/h6-8,11-16,20,22H,5,9-10,17-19H2,1-4H3/t22-/m0/s1. The minimum Gasteiger partial charge on any atom is -0.462 e. The maximum absolute atomic E-state index is 12.8. The van der Waals surface area contributed by atoms with Gasteiger partial charge in [0.1, 0.15) is 28.4 Å². The van der Waals surface area contributed by atoms with Crippen molar-refractivity contribution in [1.82, 2.24) is 14.7 Å². The molecule has 0 unspecified atom stereocenters. The fourth-order valence-electron chi connectivity index (χ4n) is 4.31. The Labute approximate surface area is 218 Å². The van der Waals surface area contributed by atoms with E-state index < -0.39 is 11.6 Å². The number of carbonyl (C=O) groups excluding carboxylic acids is 2. The van der Waals surface area contributed by atoms with Crippen LogP contribution in [0.4, 0.5) is 4.79 Å². The zero-order valence-corrected chi connectivity index (χ0v) is 22.0. The third-order valence-electron chi connectivity index (χ3n) is 6.06. The number of esters is 1. The molecule has 3 aromatic rings. The van der Waals surface area contributed by atoms with Crippen molar-refractivity contribution in [2.24, 2.45) is 0 Å². The molecule has 37 heavy (non-hydrogen) atoms. The van der Waals surface area contributed by atoms with Gasteiger partial charge < -0.3 is 19.1 Å². The van der Waals surface area contributed by atoms with Crippen LogP contribution in [0.3, 0.4) is 0 Å². The molecule has 0 N–H and O–H groups in total. The Bertz CT molecular complexity index is 1200. The summed E-state index contributed by atoms with van der Waals surface area (Å²) in [6.45, 7) is 8.87. The van der Waals surface area contributed by atoms with Gasteiger partial charge >= 0.3 is 12.1 Å². The Morgan fingerprint density at radius 3 is 2.35 bits per heavy atom. The average molecular weight is 506 g/mol. The summed E-state index contributed by atoms with van der Waals surface area (Å²) < 4.78 is 18.6. The van der Waals surface area contributed by atoms with Crippen LogP contribution in [0.2, 0.25) is 0 Å². The molecule has 0 aliphatic carbocycles. The van der Waals surface area contributed by atoms with Gasteiger partial charge in [0.05, 0.1) is 12.6 Å². The summed E-state index contributed by atoms with van der Waals surface area (Å²) in [5.74, 6) is 1.04. The number of benzene rings is 2. The van der Waals surface area contributed by atoms with Crippen molar-refractivity contribution >= 4 is 12.1 Å². The van der Waals surface area contributed by atoms with Crippen molar-refractivity contribution in [3.05, 3.63) is 66.4 Å². The van der Waals surface area contributed by atoms with Gasteiger partial charge in [0.25, 0.3) is 0 Å². The highest BCUT2D eigenvalue weighted by Crippen LogP contribution is 2.30. The summed E-state index contributed by atoms with van der Waals surface area (Å²) in [4.78, 5) is 27.1. The number of amides is 1. The molecule has 1 amide bonds. The molecule has 2 heterocycles. The Hall–Kier alpha value is -3.81. The van der Waals surface area contributed by atoms with Crippen LogP contribution in [0, 0.1) is 0 Å². The van der Waals surface area contributed by atoms with E-state index in [4.69, 9.17) is 19.3 Å². The lowest BCUT2D eigenvalue weighted by Crippen LogP contribution is -2.37. The number of ether oxygens (including phenoxy) is 3. The van der Waals surface area contributed by atoms with E-state index in [0.717, 1.165) is 24.2 Å². The summed E-state index contributed by atoms with van der Waals surface area (Å²) in [7, 11) is 0. The van der Waals surface area contributed by atoms with E-state index in [0.29, 0.717) is 36.5 Å². The third-order valence-corrected chi connectivity index (χ3v) is 6.06. The molecule has 0 spiro atoms. The zero-order valence-electron chi connectivity index (χ0n) is 22.0. The molecule has 0 radical (unpaired) electrons. The second kappa shape index (κ2) is 11.5. The molecular weight excluding hydrogens is 470 g/mol. The first-order chi connectivity index (χ1) is 17.7. The molecule has 1 aromatic heterocycles. The molecule has 8 heteroatoms. The summed E-state index contributed by atoms with van der Waals surface area (Å²) in [5.41, 5.74) is 1.26. The van der Waals surface area contributed by atoms with Crippen LogP contribution in [0.15, 0.2) is 60.8 Å². The summed E-state index contributed by atoms with van der Waals surface area (Å²) >= 11 is 0. The second-order valence-electron chi connectivity index (χ2n) is 10.1. The first kappa shape index (κ1) is 26.3. The normalized spacial score (nSPS) is 16.1. The number of rotatable bonds is 6. The molecule has 2 aromatic carbocycles. The first-order valence-electron chi connectivity index (χ1n) is 12.8. The van der Waals surface area contributed by atoms with Gasteiger partial charge in [0, 0.05) is 24.8 Å². The highest BCUT2D eigenvalue weighted by atomic mass is 16.6. The fraction of sp³-hybridized carbons (Fsp3) is 0.414. The highest BCUT2D eigenvalue weighted by Gasteiger charge is 2.28. The lowest BCUT2D eigenvalue weighted by molar-refractivity contribution is 0.0255. The summed E-state index contributed by atoms with van der Waals surface area (Å²) in [5, 5.41) is 4.83. The number of hydrogen-bond donors (Lipinski definition) is 0. The fourth-order valence-corrected chi connectivity index (χ4v) is 4.31. The van der Waals surface area contributed by atoms with Gasteiger partial charge in [-0.1, -0.05) is 18.2 Å². The number of likely N-dealkylation sites (tertiary alicyclic amines) is 1. The Kier molecular flexibility index (Phi) is 8.16. The molecule has 0 saturated carbocycles. The highest BCUT2D eigenvalue weighted by molar-refractivity contribution is 5.96. The SMILES string of the molecule is CCOC(=O)c1cn([C@H]2CCCN(C(=O)OC(C)(C)C)CC2)nc1-c1ccc(Oc2ccccc2)cc1. The number of aromatic nitrogens is 2. The molecule has 4 rings (SSSR count). The minimum absolute atomic E-state index is 0.0510. The molecule has 196 valence electrons. The lowest BCUT2D eigenvalue weighted by Gasteiger charge is -2.26. The largest absolute Gasteiger partial charge is 0.462 e. The number of para-hydroxylation sites is 1. The Balaban J connectivity index is 1.54. The van der Waals surface area contributed by atoms with Crippen LogP contribution in [0.25, 0.3) is 11.3 Å². The number of nitrogens with zero attached hydrogens (tertiary/aromatic N) is 3. The average Bonchev–Trinajstić information content (AvgIpc) is 3.15. The molecule has 1 saturated heterocycles. The quantitative estimate of drug-likeness (QED) is 0.357.